The molecule has 0 bridgehead atoms. The molecular formula is C17H25NO2. The summed E-state index contributed by atoms with van der Waals surface area (Å²) in [5, 5.41) is 1.78. The third kappa shape index (κ3) is 6.02. The number of hydrogen-bond donors (Lipinski definition) is 0. The monoisotopic (exact) mass is 275 g/mol. The highest BCUT2D eigenvalue weighted by molar-refractivity contribution is 5.89. The van der Waals surface area contributed by atoms with E-state index in [9.17, 15) is 4.79 Å². The van der Waals surface area contributed by atoms with E-state index in [1.165, 1.54) is 0 Å². The van der Waals surface area contributed by atoms with Gasteiger partial charge in [0.1, 0.15) is 0 Å². The summed E-state index contributed by atoms with van der Waals surface area (Å²) in [5.41, 5.74) is 0.588. The van der Waals surface area contributed by atoms with Crippen LogP contribution in [-0.2, 0) is 4.84 Å². The van der Waals surface area contributed by atoms with E-state index < -0.39 is 0 Å². The zero-order valence-corrected chi connectivity index (χ0v) is 12.5. The molecule has 0 saturated carbocycles. The van der Waals surface area contributed by atoms with Crippen molar-refractivity contribution in [3.63, 3.8) is 0 Å². The van der Waals surface area contributed by atoms with Crippen LogP contribution in [0.2, 0.25) is 0 Å². The van der Waals surface area contributed by atoms with Gasteiger partial charge in [0.15, 0.2) is 0 Å². The van der Waals surface area contributed by atoms with Crippen molar-refractivity contribution >= 4 is 5.97 Å². The van der Waals surface area contributed by atoms with Crippen molar-refractivity contribution in [1.29, 1.82) is 0 Å². The Balaban J connectivity index is 2.59. The molecule has 0 aliphatic rings. The Morgan fingerprint density at radius 3 is 2.70 bits per heavy atom. The third-order valence-electron chi connectivity index (χ3n) is 3.07. The number of hydroxylamine groups is 2. The number of carbonyl (C=O) groups excluding carboxylic acids is 1. The van der Waals surface area contributed by atoms with Gasteiger partial charge in [-0.1, -0.05) is 44.5 Å². The normalized spacial score (nSPS) is 12.2. The van der Waals surface area contributed by atoms with E-state index in [1.807, 2.05) is 24.3 Å². The summed E-state index contributed by atoms with van der Waals surface area (Å²) in [6.07, 6.45) is 4.92. The molecule has 0 spiro atoms. The summed E-state index contributed by atoms with van der Waals surface area (Å²) >= 11 is 0. The lowest BCUT2D eigenvalue weighted by Gasteiger charge is -2.23. The van der Waals surface area contributed by atoms with Gasteiger partial charge in [0.25, 0.3) is 0 Å². The first-order valence-corrected chi connectivity index (χ1v) is 7.30. The van der Waals surface area contributed by atoms with Gasteiger partial charge in [-0.2, -0.15) is 0 Å². The van der Waals surface area contributed by atoms with Gasteiger partial charge < -0.3 is 4.84 Å². The molecule has 0 fully saturated rings. The number of nitrogens with zero attached hydrogens (tertiary/aromatic N) is 1. The number of rotatable bonds is 9. The Morgan fingerprint density at radius 1 is 1.40 bits per heavy atom. The molecule has 1 rings (SSSR count). The Morgan fingerprint density at radius 2 is 2.10 bits per heavy atom. The van der Waals surface area contributed by atoms with Crippen LogP contribution in [0.4, 0.5) is 0 Å². The summed E-state index contributed by atoms with van der Waals surface area (Å²) < 4.78 is 0. The standard InChI is InChI=1S/C17H25NO2/c1-4-6-13-18(14-15(3)10-5-2)20-17(19)16-11-8-7-9-12-16/h5,7-9,11-12,15H,2,4,6,10,13-14H2,1,3H3. The highest BCUT2D eigenvalue weighted by Crippen LogP contribution is 2.10. The fourth-order valence-electron chi connectivity index (χ4n) is 1.96. The fraction of sp³-hybridized carbons (Fsp3) is 0.471. The van der Waals surface area contributed by atoms with Crippen molar-refractivity contribution < 1.29 is 9.63 Å². The summed E-state index contributed by atoms with van der Waals surface area (Å²) in [6.45, 7) is 9.53. The average Bonchev–Trinajstić information content (AvgIpc) is 2.45. The lowest BCUT2D eigenvalue weighted by atomic mass is 10.1. The summed E-state index contributed by atoms with van der Waals surface area (Å²) in [4.78, 5) is 17.6. The predicted octanol–water partition coefficient (Wildman–Crippen LogP) is 4.07. The topological polar surface area (TPSA) is 29.5 Å². The first-order valence-electron chi connectivity index (χ1n) is 7.30. The molecule has 0 aliphatic heterocycles. The first-order chi connectivity index (χ1) is 9.67. The SMILES string of the molecule is C=CCC(C)CN(CCCC)OC(=O)c1ccccc1. The Hall–Kier alpha value is -1.61. The van der Waals surface area contributed by atoms with Crippen LogP contribution in [0.1, 0.15) is 43.5 Å². The third-order valence-corrected chi connectivity index (χ3v) is 3.07. The molecular weight excluding hydrogens is 250 g/mol. The molecule has 0 heterocycles. The minimum absolute atomic E-state index is 0.285. The maximum absolute atomic E-state index is 12.1. The molecule has 0 amide bonds. The van der Waals surface area contributed by atoms with Crippen molar-refractivity contribution in [3.05, 3.63) is 48.6 Å². The Kier molecular flexibility index (Phi) is 7.66. The molecule has 20 heavy (non-hydrogen) atoms. The number of hydrogen-bond acceptors (Lipinski definition) is 3. The summed E-state index contributed by atoms with van der Waals surface area (Å²) in [7, 11) is 0. The van der Waals surface area contributed by atoms with Crippen molar-refractivity contribution in [2.75, 3.05) is 13.1 Å². The van der Waals surface area contributed by atoms with Gasteiger partial charge in [0, 0.05) is 13.1 Å². The quantitative estimate of drug-likeness (QED) is 0.502. The summed E-state index contributed by atoms with van der Waals surface area (Å²) in [6, 6.07) is 9.11. The zero-order valence-electron chi connectivity index (χ0n) is 12.5. The van der Waals surface area contributed by atoms with E-state index in [4.69, 9.17) is 4.84 Å². The lowest BCUT2D eigenvalue weighted by Crippen LogP contribution is -2.32. The summed E-state index contributed by atoms with van der Waals surface area (Å²) in [5.74, 6) is 0.139. The fourth-order valence-corrected chi connectivity index (χ4v) is 1.96. The van der Waals surface area contributed by atoms with Gasteiger partial charge in [-0.05, 0) is 30.9 Å². The van der Waals surface area contributed by atoms with Crippen molar-refractivity contribution in [3.8, 4) is 0 Å². The molecule has 1 aromatic carbocycles. The molecule has 3 heteroatoms. The van der Waals surface area contributed by atoms with E-state index in [1.54, 1.807) is 17.2 Å². The molecule has 0 N–H and O–H groups in total. The van der Waals surface area contributed by atoms with Gasteiger partial charge >= 0.3 is 5.97 Å². The largest absolute Gasteiger partial charge is 0.364 e. The van der Waals surface area contributed by atoms with Crippen LogP contribution in [-0.4, -0.2) is 24.1 Å². The second kappa shape index (κ2) is 9.32. The molecule has 0 saturated heterocycles. The van der Waals surface area contributed by atoms with Crippen LogP contribution < -0.4 is 0 Å². The molecule has 0 aliphatic carbocycles. The molecule has 1 aromatic rings. The van der Waals surface area contributed by atoms with E-state index in [0.29, 0.717) is 11.5 Å². The van der Waals surface area contributed by atoms with Gasteiger partial charge in [-0.3, -0.25) is 0 Å². The minimum atomic E-state index is -0.285. The van der Waals surface area contributed by atoms with Gasteiger partial charge in [0.05, 0.1) is 5.56 Å². The maximum Gasteiger partial charge on any atom is 0.357 e. The van der Waals surface area contributed by atoms with Crippen molar-refractivity contribution in [1.82, 2.24) is 5.06 Å². The number of carbonyl (C=O) groups is 1. The van der Waals surface area contributed by atoms with Crippen molar-refractivity contribution in [2.24, 2.45) is 5.92 Å². The molecule has 110 valence electrons. The molecule has 1 unspecified atom stereocenters. The van der Waals surface area contributed by atoms with Gasteiger partial charge in [0.2, 0.25) is 0 Å². The number of unbranched alkanes of at least 4 members (excludes halogenated alkanes) is 1. The van der Waals surface area contributed by atoms with Crippen LogP contribution in [0, 0.1) is 5.92 Å². The van der Waals surface area contributed by atoms with Crippen LogP contribution in [0.25, 0.3) is 0 Å². The second-order valence-corrected chi connectivity index (χ2v) is 5.12. The van der Waals surface area contributed by atoms with E-state index in [0.717, 1.165) is 32.4 Å². The Bertz CT molecular complexity index is 403. The molecule has 1 atom stereocenters. The highest BCUT2D eigenvalue weighted by Gasteiger charge is 2.15. The Labute approximate surface area is 122 Å². The van der Waals surface area contributed by atoms with E-state index in [2.05, 4.69) is 20.4 Å². The number of allylic oxidation sites excluding steroid dienone is 1. The maximum atomic E-state index is 12.1. The van der Waals surface area contributed by atoms with Crippen LogP contribution in [0.3, 0.4) is 0 Å². The van der Waals surface area contributed by atoms with Crippen LogP contribution >= 0.6 is 0 Å². The smallest absolute Gasteiger partial charge is 0.357 e. The molecule has 0 aromatic heterocycles. The molecule has 0 radical (unpaired) electrons. The van der Waals surface area contributed by atoms with Crippen molar-refractivity contribution in [2.45, 2.75) is 33.1 Å². The van der Waals surface area contributed by atoms with Gasteiger partial charge in [-0.15, -0.1) is 11.6 Å². The lowest BCUT2D eigenvalue weighted by molar-refractivity contribution is -0.117. The zero-order chi connectivity index (χ0) is 14.8. The highest BCUT2D eigenvalue weighted by atomic mass is 16.7. The second-order valence-electron chi connectivity index (χ2n) is 5.12. The van der Waals surface area contributed by atoms with Crippen LogP contribution in [0.5, 0.6) is 0 Å². The molecule has 3 nitrogen and oxygen atoms in total. The number of benzene rings is 1. The minimum Gasteiger partial charge on any atom is -0.364 e. The van der Waals surface area contributed by atoms with E-state index in [-0.39, 0.29) is 5.97 Å². The predicted molar refractivity (Wildman–Crippen MR) is 82.3 cm³/mol. The van der Waals surface area contributed by atoms with Gasteiger partial charge in [-0.25, -0.2) is 4.79 Å². The van der Waals surface area contributed by atoms with Crippen LogP contribution in [0.15, 0.2) is 43.0 Å². The average molecular weight is 275 g/mol. The van der Waals surface area contributed by atoms with E-state index >= 15 is 0 Å². The first kappa shape index (κ1) is 16.4.